The maximum atomic E-state index is 11.6. The normalized spacial score (nSPS) is 20.0. The van der Waals surface area contributed by atoms with Gasteiger partial charge in [-0.3, -0.25) is 0 Å². The third-order valence-corrected chi connectivity index (χ3v) is 3.45. The maximum Gasteiger partial charge on any atom is 0.518 e. The van der Waals surface area contributed by atoms with Gasteiger partial charge in [0.2, 0.25) is 0 Å². The van der Waals surface area contributed by atoms with Crippen LogP contribution in [-0.4, -0.2) is 24.3 Å². The highest BCUT2D eigenvalue weighted by molar-refractivity contribution is 5.80. The smallest absolute Gasteiger partial charge is 0.435 e. The van der Waals surface area contributed by atoms with Crippen LogP contribution in [0.5, 0.6) is 0 Å². The molecule has 1 heterocycles. The molecule has 0 unspecified atom stereocenters. The predicted molar refractivity (Wildman–Crippen MR) is 64.5 cm³/mol. The minimum atomic E-state index is -0.715. The summed E-state index contributed by atoms with van der Waals surface area (Å²) in [5, 5.41) is 9.54. The second kappa shape index (κ2) is 4.66. The highest BCUT2D eigenvalue weighted by atomic mass is 16.4. The molecule has 1 aromatic carbocycles. The molecule has 3 heteroatoms. The van der Waals surface area contributed by atoms with Gasteiger partial charge in [-0.1, -0.05) is 18.2 Å². The number of carboxylic acid groups (broad SMARTS) is 1. The number of benzene rings is 1. The lowest BCUT2D eigenvalue weighted by atomic mass is 10.2. The first-order chi connectivity index (χ1) is 7.76. The minimum Gasteiger partial charge on any atom is -0.435 e. The average Bonchev–Trinajstić information content (AvgIpc) is 2.56. The largest absolute Gasteiger partial charge is 0.518 e. The highest BCUT2D eigenvalue weighted by Crippen LogP contribution is 2.27. The number of rotatable bonds is 1. The number of hydrogen-bond donors (Lipinski definition) is 1. The molecule has 0 atom stereocenters. The lowest BCUT2D eigenvalue weighted by Gasteiger charge is -2.30. The van der Waals surface area contributed by atoms with Crippen molar-refractivity contribution in [3.8, 4) is 0 Å². The van der Waals surface area contributed by atoms with Gasteiger partial charge >= 0.3 is 6.09 Å². The summed E-state index contributed by atoms with van der Waals surface area (Å²) in [6.45, 7) is 1.44. The molecule has 0 aromatic heterocycles. The van der Waals surface area contributed by atoms with Crippen LogP contribution in [0.25, 0.3) is 0 Å². The third kappa shape index (κ3) is 1.95. The Bertz CT molecular complexity index is 353. The molecule has 0 spiro atoms. The fraction of sp³-hybridized carbons (Fsp3) is 0.462. The van der Waals surface area contributed by atoms with Crippen LogP contribution in [0, 0.1) is 0 Å². The van der Waals surface area contributed by atoms with Crippen LogP contribution in [0.1, 0.15) is 25.7 Å². The van der Waals surface area contributed by atoms with Crippen molar-refractivity contribution in [2.45, 2.75) is 25.7 Å². The van der Waals surface area contributed by atoms with Crippen LogP contribution in [0.4, 0.5) is 10.5 Å². The summed E-state index contributed by atoms with van der Waals surface area (Å²) in [7, 11) is 0. The number of hydrogen-bond acceptors (Lipinski definition) is 1. The van der Waals surface area contributed by atoms with Gasteiger partial charge in [-0.25, -0.2) is 0 Å². The van der Waals surface area contributed by atoms with E-state index in [0.717, 1.165) is 44.5 Å². The summed E-state index contributed by atoms with van der Waals surface area (Å²) < 4.78 is 0.112. The molecule has 0 saturated carbocycles. The molecule has 1 fully saturated rings. The van der Waals surface area contributed by atoms with Crippen molar-refractivity contribution in [2.75, 3.05) is 13.1 Å². The Labute approximate surface area is 95.9 Å². The Morgan fingerprint density at radius 1 is 1.00 bits per heavy atom. The van der Waals surface area contributed by atoms with Crippen LogP contribution < -0.4 is 4.48 Å². The highest BCUT2D eigenvalue weighted by Gasteiger charge is 2.39. The second-order valence-electron chi connectivity index (χ2n) is 4.45. The fourth-order valence-corrected chi connectivity index (χ4v) is 2.50. The Morgan fingerprint density at radius 2 is 1.56 bits per heavy atom. The summed E-state index contributed by atoms with van der Waals surface area (Å²) in [5.74, 6) is 0. The number of amides is 1. The number of quaternary nitrogens is 1. The van der Waals surface area contributed by atoms with E-state index in [1.54, 1.807) is 0 Å². The summed E-state index contributed by atoms with van der Waals surface area (Å²) in [6.07, 6.45) is 3.59. The minimum absolute atomic E-state index is 0.112. The van der Waals surface area contributed by atoms with E-state index in [4.69, 9.17) is 0 Å². The van der Waals surface area contributed by atoms with E-state index in [2.05, 4.69) is 0 Å². The lowest BCUT2D eigenvalue weighted by Crippen LogP contribution is -2.54. The molecule has 0 bridgehead atoms. The van der Waals surface area contributed by atoms with Gasteiger partial charge in [-0.15, -0.1) is 0 Å². The first kappa shape index (κ1) is 11.1. The van der Waals surface area contributed by atoms with Crippen LogP contribution >= 0.6 is 0 Å². The molecule has 1 aliphatic rings. The zero-order chi connectivity index (χ0) is 11.4. The van der Waals surface area contributed by atoms with E-state index in [1.807, 2.05) is 30.3 Å². The van der Waals surface area contributed by atoms with Crippen LogP contribution in [0.3, 0.4) is 0 Å². The van der Waals surface area contributed by atoms with Crippen molar-refractivity contribution in [2.24, 2.45) is 0 Å². The van der Waals surface area contributed by atoms with Gasteiger partial charge < -0.3 is 5.11 Å². The molecule has 3 nitrogen and oxygen atoms in total. The van der Waals surface area contributed by atoms with E-state index >= 15 is 0 Å². The Balaban J connectivity index is 2.38. The summed E-state index contributed by atoms with van der Waals surface area (Å²) >= 11 is 0. The molecule has 0 aliphatic carbocycles. The Hall–Kier alpha value is -1.35. The van der Waals surface area contributed by atoms with Gasteiger partial charge in [-0.05, 0) is 37.8 Å². The zero-order valence-electron chi connectivity index (χ0n) is 9.43. The molecule has 86 valence electrons. The number of likely N-dealkylation sites (tertiary alicyclic amines) is 1. The number of carbonyl (C=O) groups is 1. The maximum absolute atomic E-state index is 11.6. The molecule has 16 heavy (non-hydrogen) atoms. The predicted octanol–water partition coefficient (Wildman–Crippen LogP) is 3.25. The molecule has 2 rings (SSSR count). The van der Waals surface area contributed by atoms with Gasteiger partial charge in [0.05, 0.1) is 13.1 Å². The number of para-hydroxylation sites is 1. The molecule has 1 aliphatic heterocycles. The molecule has 1 N–H and O–H groups in total. The van der Waals surface area contributed by atoms with Gasteiger partial charge in [0.15, 0.2) is 0 Å². The fourth-order valence-electron chi connectivity index (χ4n) is 2.50. The Kier molecular flexibility index (Phi) is 3.25. The molecular formula is C13H18NO2+. The second-order valence-corrected chi connectivity index (χ2v) is 4.45. The van der Waals surface area contributed by atoms with Crippen LogP contribution in [-0.2, 0) is 0 Å². The van der Waals surface area contributed by atoms with Crippen molar-refractivity contribution >= 4 is 11.8 Å². The molecule has 1 aromatic rings. The average molecular weight is 220 g/mol. The topological polar surface area (TPSA) is 37.3 Å². The van der Waals surface area contributed by atoms with Crippen molar-refractivity contribution in [1.82, 2.24) is 4.48 Å². The van der Waals surface area contributed by atoms with Crippen molar-refractivity contribution in [1.29, 1.82) is 0 Å². The first-order valence-corrected chi connectivity index (χ1v) is 5.92. The standard InChI is InChI=1S/C13H17NO2/c15-13(16)14(10-6-1-2-7-11-14)12-8-4-3-5-9-12/h3-5,8-9H,1-2,6-7,10-11H2/p+1. The van der Waals surface area contributed by atoms with Crippen molar-refractivity contribution < 1.29 is 9.90 Å². The first-order valence-electron chi connectivity index (χ1n) is 5.92. The number of nitrogens with zero attached hydrogens (tertiary/aromatic N) is 1. The van der Waals surface area contributed by atoms with E-state index < -0.39 is 6.09 Å². The van der Waals surface area contributed by atoms with Crippen LogP contribution in [0.2, 0.25) is 0 Å². The third-order valence-electron chi connectivity index (χ3n) is 3.45. The quantitative estimate of drug-likeness (QED) is 0.738. The van der Waals surface area contributed by atoms with Gasteiger partial charge in [0.1, 0.15) is 5.69 Å². The molecule has 1 saturated heterocycles. The van der Waals surface area contributed by atoms with Gasteiger partial charge in [0, 0.05) is 0 Å². The van der Waals surface area contributed by atoms with Crippen molar-refractivity contribution in [3.63, 3.8) is 0 Å². The zero-order valence-corrected chi connectivity index (χ0v) is 9.43. The summed E-state index contributed by atoms with van der Waals surface area (Å²) in [5.41, 5.74) is 0.914. The van der Waals surface area contributed by atoms with E-state index in [1.165, 1.54) is 0 Å². The lowest BCUT2D eigenvalue weighted by molar-refractivity contribution is 0.148. The van der Waals surface area contributed by atoms with Crippen LogP contribution in [0.15, 0.2) is 30.3 Å². The van der Waals surface area contributed by atoms with Crippen molar-refractivity contribution in [3.05, 3.63) is 30.3 Å². The molecular weight excluding hydrogens is 202 g/mol. The van der Waals surface area contributed by atoms with Gasteiger partial charge in [0.25, 0.3) is 0 Å². The van der Waals surface area contributed by atoms with Gasteiger partial charge in [-0.2, -0.15) is 9.28 Å². The summed E-state index contributed by atoms with van der Waals surface area (Å²) in [6, 6.07) is 9.63. The van der Waals surface area contributed by atoms with E-state index in [9.17, 15) is 9.90 Å². The van der Waals surface area contributed by atoms with E-state index in [-0.39, 0.29) is 4.48 Å². The monoisotopic (exact) mass is 220 g/mol. The summed E-state index contributed by atoms with van der Waals surface area (Å²) in [4.78, 5) is 11.6. The molecule has 1 amide bonds. The Morgan fingerprint density at radius 3 is 2.06 bits per heavy atom. The SMILES string of the molecule is O=C(O)[N+]1(c2ccccc2)CCCCCC1. The van der Waals surface area contributed by atoms with E-state index in [0.29, 0.717) is 0 Å². The molecule has 0 radical (unpaired) electrons.